The van der Waals surface area contributed by atoms with Crippen molar-refractivity contribution < 1.29 is 13.5 Å². The normalized spacial score (nSPS) is 19.4. The first kappa shape index (κ1) is 20.6. The molecule has 0 bridgehead atoms. The average Bonchev–Trinajstić information content (AvgIpc) is 2.74. The van der Waals surface area contributed by atoms with E-state index in [1.54, 1.807) is 6.07 Å². The van der Waals surface area contributed by atoms with Gasteiger partial charge in [0.2, 0.25) is 5.82 Å². The summed E-state index contributed by atoms with van der Waals surface area (Å²) in [7, 11) is 0. The van der Waals surface area contributed by atoms with Gasteiger partial charge in [-0.25, -0.2) is 4.39 Å². The molecule has 0 aromatic heterocycles. The van der Waals surface area contributed by atoms with Crippen molar-refractivity contribution in [1.29, 1.82) is 0 Å². The van der Waals surface area contributed by atoms with E-state index in [0.717, 1.165) is 32.1 Å². The van der Waals surface area contributed by atoms with Crippen molar-refractivity contribution in [1.82, 2.24) is 0 Å². The summed E-state index contributed by atoms with van der Waals surface area (Å²) in [5.41, 5.74) is 2.25. The second-order valence-electron chi connectivity index (χ2n) is 7.76. The maximum absolute atomic E-state index is 14.6. The minimum atomic E-state index is -0.902. The Bertz CT molecular complexity index is 774. The van der Waals surface area contributed by atoms with Crippen LogP contribution in [-0.2, 0) is 0 Å². The average molecular weight is 385 g/mol. The van der Waals surface area contributed by atoms with Crippen LogP contribution in [-0.4, -0.2) is 6.61 Å². The van der Waals surface area contributed by atoms with Crippen LogP contribution >= 0.6 is 0 Å². The van der Waals surface area contributed by atoms with E-state index in [4.69, 9.17) is 4.74 Å². The molecule has 0 unspecified atom stereocenters. The predicted molar refractivity (Wildman–Crippen MR) is 112 cm³/mol. The zero-order valence-electron chi connectivity index (χ0n) is 16.7. The van der Waals surface area contributed by atoms with Gasteiger partial charge in [0.15, 0.2) is 11.6 Å². The third kappa shape index (κ3) is 4.81. The van der Waals surface area contributed by atoms with Crippen molar-refractivity contribution in [2.24, 2.45) is 5.92 Å². The maximum Gasteiger partial charge on any atom is 0.201 e. The lowest BCUT2D eigenvalue weighted by Gasteiger charge is -2.27. The minimum Gasteiger partial charge on any atom is -0.490 e. The third-order valence-electron chi connectivity index (χ3n) is 5.85. The lowest BCUT2D eigenvalue weighted by Crippen LogP contribution is -2.11. The van der Waals surface area contributed by atoms with Gasteiger partial charge < -0.3 is 4.74 Å². The Morgan fingerprint density at radius 2 is 1.68 bits per heavy atom. The molecule has 0 N–H and O–H groups in total. The first-order chi connectivity index (χ1) is 13.6. The van der Waals surface area contributed by atoms with Crippen LogP contribution in [0.1, 0.15) is 63.4 Å². The van der Waals surface area contributed by atoms with Gasteiger partial charge in [0, 0.05) is 5.56 Å². The molecule has 3 heteroatoms. The zero-order chi connectivity index (χ0) is 19.9. The molecule has 150 valence electrons. The molecule has 3 rings (SSSR count). The number of benzene rings is 2. The second-order valence-corrected chi connectivity index (χ2v) is 7.76. The Hall–Kier alpha value is -2.16. The summed E-state index contributed by atoms with van der Waals surface area (Å²) >= 11 is 0. The van der Waals surface area contributed by atoms with Crippen molar-refractivity contribution in [3.8, 4) is 16.9 Å². The Morgan fingerprint density at radius 3 is 2.32 bits per heavy atom. The first-order valence-electron chi connectivity index (χ1n) is 10.5. The Labute approximate surface area is 167 Å². The molecular formula is C25H30F2O. The molecule has 0 heterocycles. The highest BCUT2D eigenvalue weighted by atomic mass is 19.2. The Balaban J connectivity index is 1.69. The lowest BCUT2D eigenvalue weighted by molar-refractivity contribution is 0.286. The summed E-state index contributed by atoms with van der Waals surface area (Å²) < 4.78 is 34.4. The van der Waals surface area contributed by atoms with Crippen LogP contribution in [0.2, 0.25) is 0 Å². The fraction of sp³-hybridized carbons (Fsp3) is 0.440. The van der Waals surface area contributed by atoms with E-state index in [0.29, 0.717) is 24.0 Å². The molecule has 0 saturated heterocycles. The van der Waals surface area contributed by atoms with Crippen molar-refractivity contribution in [3.63, 3.8) is 0 Å². The van der Waals surface area contributed by atoms with Crippen LogP contribution in [0.4, 0.5) is 8.78 Å². The second kappa shape index (κ2) is 9.86. The summed E-state index contributed by atoms with van der Waals surface area (Å²) in [5, 5.41) is 0. The van der Waals surface area contributed by atoms with Gasteiger partial charge in [-0.3, -0.25) is 0 Å². The number of halogens is 2. The summed E-state index contributed by atoms with van der Waals surface area (Å²) in [6, 6.07) is 11.0. The van der Waals surface area contributed by atoms with E-state index in [2.05, 4.69) is 31.7 Å². The van der Waals surface area contributed by atoms with Crippen molar-refractivity contribution in [2.45, 2.75) is 57.8 Å². The fourth-order valence-corrected chi connectivity index (χ4v) is 4.02. The topological polar surface area (TPSA) is 9.23 Å². The standard InChI is InChI=1S/C25H30F2O/c1-3-5-6-17-28-23-16-15-22(24(26)25(23)27)21-13-11-20(12-14-21)19-9-7-18(4-2)8-10-19/h4,11-16,18-19H,2-3,5-10,17H2,1H3. The first-order valence-corrected chi connectivity index (χ1v) is 10.5. The number of allylic oxidation sites excluding steroid dienone is 1. The van der Waals surface area contributed by atoms with Crippen LogP contribution in [0.15, 0.2) is 49.1 Å². The van der Waals surface area contributed by atoms with Crippen molar-refractivity contribution in [2.75, 3.05) is 6.61 Å². The molecule has 0 aliphatic heterocycles. The smallest absolute Gasteiger partial charge is 0.201 e. The molecule has 1 aliphatic rings. The molecule has 0 spiro atoms. The largest absolute Gasteiger partial charge is 0.490 e. The molecule has 0 amide bonds. The number of hydrogen-bond donors (Lipinski definition) is 0. The summed E-state index contributed by atoms with van der Waals surface area (Å²) in [4.78, 5) is 0. The van der Waals surface area contributed by atoms with E-state index in [1.807, 2.05) is 12.1 Å². The summed E-state index contributed by atoms with van der Waals surface area (Å²) in [6.45, 7) is 6.40. The van der Waals surface area contributed by atoms with Crippen LogP contribution in [0.3, 0.4) is 0 Å². The van der Waals surface area contributed by atoms with Gasteiger partial charge in [0.1, 0.15) is 0 Å². The SMILES string of the molecule is C=CC1CCC(c2ccc(-c3ccc(OCCCCC)c(F)c3F)cc2)CC1. The molecular weight excluding hydrogens is 354 g/mol. The van der Waals surface area contributed by atoms with E-state index < -0.39 is 11.6 Å². The summed E-state index contributed by atoms with van der Waals surface area (Å²) in [6.07, 6.45) is 9.65. The molecule has 1 saturated carbocycles. The number of ether oxygens (including phenoxy) is 1. The van der Waals surface area contributed by atoms with E-state index in [1.165, 1.54) is 24.5 Å². The molecule has 1 fully saturated rings. The van der Waals surface area contributed by atoms with Crippen LogP contribution < -0.4 is 4.74 Å². The van der Waals surface area contributed by atoms with Crippen molar-refractivity contribution >= 4 is 0 Å². The molecule has 0 radical (unpaired) electrons. The molecule has 2 aromatic carbocycles. The highest BCUT2D eigenvalue weighted by Crippen LogP contribution is 2.37. The highest BCUT2D eigenvalue weighted by molar-refractivity contribution is 5.65. The fourth-order valence-electron chi connectivity index (χ4n) is 4.02. The van der Waals surface area contributed by atoms with Crippen LogP contribution in [0.5, 0.6) is 5.75 Å². The monoisotopic (exact) mass is 384 g/mol. The van der Waals surface area contributed by atoms with Crippen LogP contribution in [0, 0.1) is 17.6 Å². The molecule has 1 aliphatic carbocycles. The van der Waals surface area contributed by atoms with Gasteiger partial charge >= 0.3 is 0 Å². The third-order valence-corrected chi connectivity index (χ3v) is 5.85. The predicted octanol–water partition coefficient (Wildman–Crippen LogP) is 7.66. The Kier molecular flexibility index (Phi) is 7.24. The molecule has 28 heavy (non-hydrogen) atoms. The van der Waals surface area contributed by atoms with E-state index >= 15 is 0 Å². The van der Waals surface area contributed by atoms with Gasteiger partial charge in [-0.15, -0.1) is 6.58 Å². The van der Waals surface area contributed by atoms with Gasteiger partial charge in [0.05, 0.1) is 6.61 Å². The van der Waals surface area contributed by atoms with Gasteiger partial charge in [-0.2, -0.15) is 4.39 Å². The minimum absolute atomic E-state index is 0.00653. The number of rotatable bonds is 8. The maximum atomic E-state index is 14.6. The summed E-state index contributed by atoms with van der Waals surface area (Å²) in [5.74, 6) is -0.568. The van der Waals surface area contributed by atoms with Crippen LogP contribution in [0.25, 0.3) is 11.1 Å². The lowest BCUT2D eigenvalue weighted by atomic mass is 9.78. The van der Waals surface area contributed by atoms with E-state index in [9.17, 15) is 8.78 Å². The quantitative estimate of drug-likeness (QED) is 0.335. The van der Waals surface area contributed by atoms with Crippen molar-refractivity contribution in [3.05, 3.63) is 66.3 Å². The van der Waals surface area contributed by atoms with Gasteiger partial charge in [-0.05, 0) is 67.2 Å². The molecule has 0 atom stereocenters. The number of unbranched alkanes of at least 4 members (excludes halogenated alkanes) is 2. The number of hydrogen-bond acceptors (Lipinski definition) is 1. The molecule has 1 nitrogen and oxygen atoms in total. The van der Waals surface area contributed by atoms with Gasteiger partial charge in [-0.1, -0.05) is 50.1 Å². The highest BCUT2D eigenvalue weighted by Gasteiger charge is 2.21. The molecule has 2 aromatic rings. The van der Waals surface area contributed by atoms with E-state index in [-0.39, 0.29) is 11.3 Å². The Morgan fingerprint density at radius 1 is 0.964 bits per heavy atom. The zero-order valence-corrected chi connectivity index (χ0v) is 16.7. The van der Waals surface area contributed by atoms with Gasteiger partial charge in [0.25, 0.3) is 0 Å².